The molecule has 0 saturated heterocycles. The second-order valence-electron chi connectivity index (χ2n) is 5.81. The summed E-state index contributed by atoms with van der Waals surface area (Å²) in [5, 5.41) is 0.592. The fraction of sp³-hybridized carbons (Fsp3) is 0.533. The van der Waals surface area contributed by atoms with Crippen LogP contribution in [0.3, 0.4) is 0 Å². The lowest BCUT2D eigenvalue weighted by atomic mass is 10.1. The number of likely N-dealkylation sites (N-methyl/N-ethyl adjacent to an activating group) is 1. The molecule has 1 aromatic carbocycles. The number of carbonyl (C=O) groups is 1. The summed E-state index contributed by atoms with van der Waals surface area (Å²) in [5.74, 6) is 0.312. The molecular weight excluding hydrogens is 309 g/mol. The monoisotopic (exact) mass is 331 g/mol. The normalized spacial score (nSPS) is 11.2. The van der Waals surface area contributed by atoms with E-state index < -0.39 is 0 Å². The molecule has 0 unspecified atom stereocenters. The van der Waals surface area contributed by atoms with Crippen molar-refractivity contribution >= 4 is 34.8 Å². The molecule has 0 aliphatic carbocycles. The van der Waals surface area contributed by atoms with E-state index in [2.05, 4.69) is 13.8 Å². The quantitative estimate of drug-likeness (QED) is 0.814. The summed E-state index contributed by atoms with van der Waals surface area (Å²) in [6.07, 6.45) is 0. The number of anilines is 1. The molecule has 1 amide bonds. The first-order valence-corrected chi connectivity index (χ1v) is 7.66. The van der Waals surface area contributed by atoms with Gasteiger partial charge in [0.15, 0.2) is 0 Å². The maximum atomic E-state index is 12.7. The predicted octanol–water partition coefficient (Wildman–Crippen LogP) is 3.24. The van der Waals surface area contributed by atoms with Crippen LogP contribution >= 0.6 is 23.2 Å². The number of rotatable bonds is 6. The van der Waals surface area contributed by atoms with Crippen molar-refractivity contribution in [3.63, 3.8) is 0 Å². The number of amides is 1. The molecule has 0 radical (unpaired) electrons. The molecule has 1 aromatic rings. The third kappa shape index (κ3) is 5.38. The molecular formula is C15H23Cl2N3O. The molecule has 0 bridgehead atoms. The van der Waals surface area contributed by atoms with Crippen molar-refractivity contribution in [3.8, 4) is 0 Å². The fourth-order valence-electron chi connectivity index (χ4n) is 1.95. The number of hydrogen-bond donors (Lipinski definition) is 1. The van der Waals surface area contributed by atoms with Gasteiger partial charge in [-0.2, -0.15) is 0 Å². The lowest BCUT2D eigenvalue weighted by Crippen LogP contribution is -2.39. The lowest BCUT2D eigenvalue weighted by Gasteiger charge is -2.26. The average Bonchev–Trinajstić information content (AvgIpc) is 2.38. The van der Waals surface area contributed by atoms with Crippen molar-refractivity contribution in [1.29, 1.82) is 0 Å². The first kappa shape index (κ1) is 18.1. The topological polar surface area (TPSA) is 49.6 Å². The van der Waals surface area contributed by atoms with Crippen LogP contribution in [0.4, 0.5) is 5.69 Å². The highest BCUT2D eigenvalue weighted by Gasteiger charge is 2.19. The highest BCUT2D eigenvalue weighted by Crippen LogP contribution is 2.29. The Labute approximate surface area is 136 Å². The Balaban J connectivity index is 2.98. The molecule has 0 heterocycles. The van der Waals surface area contributed by atoms with E-state index in [0.717, 1.165) is 6.54 Å². The largest absolute Gasteiger partial charge is 0.397 e. The van der Waals surface area contributed by atoms with E-state index in [1.165, 1.54) is 0 Å². The number of halogens is 2. The standard InChI is InChI=1S/C15H23Cl2N3O/c1-10(2)9-20(6-5-19(3)4)15(21)11-7-12(16)14(17)13(18)8-11/h7-8,10H,5-6,9,18H2,1-4H3. The zero-order valence-electron chi connectivity index (χ0n) is 13.0. The second kappa shape index (κ2) is 7.87. The molecule has 118 valence electrons. The van der Waals surface area contributed by atoms with Crippen molar-refractivity contribution in [3.05, 3.63) is 27.7 Å². The molecule has 0 aromatic heterocycles. The molecule has 4 nitrogen and oxygen atoms in total. The summed E-state index contributed by atoms with van der Waals surface area (Å²) in [6.45, 7) is 6.31. The second-order valence-corrected chi connectivity index (χ2v) is 6.59. The number of nitrogens with zero attached hydrogens (tertiary/aromatic N) is 2. The smallest absolute Gasteiger partial charge is 0.254 e. The van der Waals surface area contributed by atoms with Crippen LogP contribution in [0, 0.1) is 5.92 Å². The summed E-state index contributed by atoms with van der Waals surface area (Å²) >= 11 is 11.9. The third-order valence-corrected chi connectivity index (χ3v) is 3.81. The predicted molar refractivity (Wildman–Crippen MR) is 90.2 cm³/mol. The SMILES string of the molecule is CC(C)CN(CCN(C)C)C(=O)c1cc(N)c(Cl)c(Cl)c1. The molecule has 0 spiro atoms. The maximum absolute atomic E-state index is 12.7. The van der Waals surface area contributed by atoms with Gasteiger partial charge < -0.3 is 15.5 Å². The van der Waals surface area contributed by atoms with Crippen LogP contribution in [0.25, 0.3) is 0 Å². The summed E-state index contributed by atoms with van der Waals surface area (Å²) in [5.41, 5.74) is 6.58. The van der Waals surface area contributed by atoms with Crippen LogP contribution in [0.2, 0.25) is 10.0 Å². The van der Waals surface area contributed by atoms with Crippen LogP contribution in [-0.4, -0.2) is 49.4 Å². The molecule has 0 aliphatic heterocycles. The molecule has 0 saturated carbocycles. The van der Waals surface area contributed by atoms with Gasteiger partial charge in [0.05, 0.1) is 15.7 Å². The van der Waals surface area contributed by atoms with Crippen LogP contribution < -0.4 is 5.73 Å². The summed E-state index contributed by atoms with van der Waals surface area (Å²) < 4.78 is 0. The van der Waals surface area contributed by atoms with E-state index in [-0.39, 0.29) is 10.9 Å². The van der Waals surface area contributed by atoms with Gasteiger partial charge in [-0.3, -0.25) is 4.79 Å². The number of nitrogens with two attached hydrogens (primary N) is 1. The van der Waals surface area contributed by atoms with Crippen molar-refractivity contribution < 1.29 is 4.79 Å². The Hall–Kier alpha value is -0.970. The minimum Gasteiger partial charge on any atom is -0.397 e. The maximum Gasteiger partial charge on any atom is 0.254 e. The first-order chi connectivity index (χ1) is 9.72. The Kier molecular flexibility index (Phi) is 6.78. The van der Waals surface area contributed by atoms with E-state index in [4.69, 9.17) is 28.9 Å². The van der Waals surface area contributed by atoms with Gasteiger partial charge in [-0.15, -0.1) is 0 Å². The van der Waals surface area contributed by atoms with E-state index in [9.17, 15) is 4.79 Å². The van der Waals surface area contributed by atoms with E-state index in [1.54, 1.807) is 12.1 Å². The van der Waals surface area contributed by atoms with Crippen molar-refractivity contribution in [2.45, 2.75) is 13.8 Å². The van der Waals surface area contributed by atoms with E-state index >= 15 is 0 Å². The average molecular weight is 332 g/mol. The van der Waals surface area contributed by atoms with E-state index in [0.29, 0.717) is 35.3 Å². The lowest BCUT2D eigenvalue weighted by molar-refractivity contribution is 0.0725. The van der Waals surface area contributed by atoms with Gasteiger partial charge in [0.1, 0.15) is 0 Å². The summed E-state index contributed by atoms with van der Waals surface area (Å²) in [6, 6.07) is 3.16. The minimum absolute atomic E-state index is 0.0733. The molecule has 0 atom stereocenters. The third-order valence-electron chi connectivity index (χ3n) is 2.99. The van der Waals surface area contributed by atoms with Crippen LogP contribution in [0.5, 0.6) is 0 Å². The molecule has 0 fully saturated rings. The van der Waals surface area contributed by atoms with Gasteiger partial charge in [0.2, 0.25) is 0 Å². The van der Waals surface area contributed by atoms with Crippen LogP contribution in [0.15, 0.2) is 12.1 Å². The van der Waals surface area contributed by atoms with Crippen LogP contribution in [-0.2, 0) is 0 Å². The number of nitrogen functional groups attached to an aromatic ring is 1. The summed E-state index contributed by atoms with van der Waals surface area (Å²) in [4.78, 5) is 16.5. The van der Waals surface area contributed by atoms with Crippen molar-refractivity contribution in [2.24, 2.45) is 5.92 Å². The highest BCUT2D eigenvalue weighted by molar-refractivity contribution is 6.43. The highest BCUT2D eigenvalue weighted by atomic mass is 35.5. The Morgan fingerprint density at radius 3 is 2.33 bits per heavy atom. The molecule has 1 rings (SSSR count). The Morgan fingerprint density at radius 1 is 1.24 bits per heavy atom. The van der Waals surface area contributed by atoms with Gasteiger partial charge in [0.25, 0.3) is 5.91 Å². The van der Waals surface area contributed by atoms with Gasteiger partial charge in [-0.25, -0.2) is 0 Å². The number of hydrogen-bond acceptors (Lipinski definition) is 3. The molecule has 2 N–H and O–H groups in total. The van der Waals surface area contributed by atoms with Gasteiger partial charge in [-0.1, -0.05) is 37.0 Å². The molecule has 0 aliphatic rings. The molecule has 21 heavy (non-hydrogen) atoms. The Bertz CT molecular complexity index is 481. The first-order valence-electron chi connectivity index (χ1n) is 6.91. The number of benzene rings is 1. The van der Waals surface area contributed by atoms with Crippen molar-refractivity contribution in [1.82, 2.24) is 9.80 Å². The fourth-order valence-corrected chi connectivity index (χ4v) is 2.29. The van der Waals surface area contributed by atoms with Gasteiger partial charge in [-0.05, 0) is 32.1 Å². The van der Waals surface area contributed by atoms with Gasteiger partial charge >= 0.3 is 0 Å². The summed E-state index contributed by atoms with van der Waals surface area (Å²) in [7, 11) is 3.96. The van der Waals surface area contributed by atoms with Crippen molar-refractivity contribution in [2.75, 3.05) is 39.5 Å². The Morgan fingerprint density at radius 2 is 1.86 bits per heavy atom. The zero-order chi connectivity index (χ0) is 16.2. The molecule has 6 heteroatoms. The minimum atomic E-state index is -0.0733. The van der Waals surface area contributed by atoms with E-state index in [1.807, 2.05) is 23.9 Å². The zero-order valence-corrected chi connectivity index (χ0v) is 14.5. The van der Waals surface area contributed by atoms with Gasteiger partial charge in [0, 0.05) is 25.2 Å². The number of carbonyl (C=O) groups excluding carboxylic acids is 1. The van der Waals surface area contributed by atoms with Crippen LogP contribution in [0.1, 0.15) is 24.2 Å².